The first-order valence-electron chi connectivity index (χ1n) is 10.8. The molecule has 7 heteroatoms. The summed E-state index contributed by atoms with van der Waals surface area (Å²) in [7, 11) is 0. The van der Waals surface area contributed by atoms with Crippen LogP contribution in [-0.2, 0) is 0 Å². The Labute approximate surface area is 190 Å². The first-order chi connectivity index (χ1) is 16.1. The molecule has 6 nitrogen and oxygen atoms in total. The van der Waals surface area contributed by atoms with E-state index in [0.29, 0.717) is 46.5 Å². The molecular weight excluding hydrogens is 419 g/mol. The van der Waals surface area contributed by atoms with E-state index in [0.717, 1.165) is 18.7 Å². The maximum Gasteiger partial charge on any atom is 0.253 e. The van der Waals surface area contributed by atoms with E-state index in [-0.39, 0.29) is 11.8 Å². The maximum absolute atomic E-state index is 13.7. The lowest BCUT2D eigenvalue weighted by Gasteiger charge is -2.27. The molecule has 1 aliphatic heterocycles. The van der Waals surface area contributed by atoms with E-state index in [1.807, 2.05) is 35.2 Å². The van der Waals surface area contributed by atoms with Gasteiger partial charge in [-0.25, -0.2) is 9.38 Å². The molecule has 0 bridgehead atoms. The molecule has 0 atom stereocenters. The van der Waals surface area contributed by atoms with Crippen LogP contribution in [0.15, 0.2) is 77.8 Å². The van der Waals surface area contributed by atoms with Crippen molar-refractivity contribution in [1.29, 1.82) is 0 Å². The Morgan fingerprint density at radius 3 is 2.39 bits per heavy atom. The molecule has 1 aliphatic rings. The number of fused-ring (bicyclic) bond motifs is 1. The summed E-state index contributed by atoms with van der Waals surface area (Å²) in [5, 5.41) is 14.6. The molecule has 0 spiro atoms. The van der Waals surface area contributed by atoms with Crippen molar-refractivity contribution >= 4 is 28.2 Å². The fraction of sp³-hybridized carbons (Fsp3) is 0.154. The Kier molecular flexibility index (Phi) is 5.62. The minimum absolute atomic E-state index is 0.00612. The van der Waals surface area contributed by atoms with Crippen molar-refractivity contribution in [2.75, 3.05) is 26.2 Å². The second kappa shape index (κ2) is 8.88. The van der Waals surface area contributed by atoms with Crippen LogP contribution in [0.4, 0.5) is 10.1 Å². The molecular formula is C26H23FN4O2. The van der Waals surface area contributed by atoms with Gasteiger partial charge in [-0.1, -0.05) is 30.3 Å². The molecule has 0 saturated carbocycles. The number of hydrogen-bond donors (Lipinski definition) is 3. The number of piperazine rings is 1. The van der Waals surface area contributed by atoms with E-state index in [4.69, 9.17) is 4.99 Å². The van der Waals surface area contributed by atoms with E-state index in [1.165, 1.54) is 12.1 Å². The van der Waals surface area contributed by atoms with Crippen LogP contribution in [-0.4, -0.2) is 52.8 Å². The summed E-state index contributed by atoms with van der Waals surface area (Å²) in [5.41, 5.74) is 3.59. The minimum atomic E-state index is -0.391. The van der Waals surface area contributed by atoms with Gasteiger partial charge in [-0.15, -0.1) is 0 Å². The van der Waals surface area contributed by atoms with Crippen molar-refractivity contribution in [2.24, 2.45) is 4.99 Å². The number of halogens is 1. The number of aromatic amines is 1. The molecule has 1 amide bonds. The lowest BCUT2D eigenvalue weighted by molar-refractivity contribution is 0.0736. The predicted octanol–water partition coefficient (Wildman–Crippen LogP) is 4.23. The predicted molar refractivity (Wildman–Crippen MR) is 127 cm³/mol. The second-order valence-electron chi connectivity index (χ2n) is 7.95. The number of aromatic hydroxyl groups is 1. The Hall–Kier alpha value is -3.97. The van der Waals surface area contributed by atoms with Crippen molar-refractivity contribution in [3.63, 3.8) is 0 Å². The van der Waals surface area contributed by atoms with Gasteiger partial charge >= 0.3 is 0 Å². The summed E-state index contributed by atoms with van der Waals surface area (Å²) in [6.45, 7) is 2.98. The Balaban J connectivity index is 1.55. The third-order valence-corrected chi connectivity index (χ3v) is 5.78. The van der Waals surface area contributed by atoms with Crippen molar-refractivity contribution in [1.82, 2.24) is 15.2 Å². The van der Waals surface area contributed by atoms with Crippen molar-refractivity contribution in [3.8, 4) is 5.88 Å². The van der Waals surface area contributed by atoms with E-state index >= 15 is 0 Å². The number of carbonyl (C=O) groups is 1. The molecule has 1 aromatic heterocycles. The Bertz CT molecular complexity index is 1320. The monoisotopic (exact) mass is 442 g/mol. The van der Waals surface area contributed by atoms with E-state index in [1.54, 1.807) is 30.3 Å². The summed E-state index contributed by atoms with van der Waals surface area (Å²) in [4.78, 5) is 22.3. The van der Waals surface area contributed by atoms with Crippen LogP contribution in [0.2, 0.25) is 0 Å². The van der Waals surface area contributed by atoms with Crippen molar-refractivity contribution in [2.45, 2.75) is 0 Å². The lowest BCUT2D eigenvalue weighted by Crippen LogP contribution is -2.46. The smallest absolute Gasteiger partial charge is 0.253 e. The van der Waals surface area contributed by atoms with Gasteiger partial charge < -0.3 is 20.3 Å². The summed E-state index contributed by atoms with van der Waals surface area (Å²) in [6, 6.07) is 21.0. The van der Waals surface area contributed by atoms with E-state index < -0.39 is 5.82 Å². The number of rotatable bonds is 4. The number of benzene rings is 3. The molecule has 0 aliphatic carbocycles. The third kappa shape index (κ3) is 4.23. The van der Waals surface area contributed by atoms with Crippen LogP contribution in [0.3, 0.4) is 0 Å². The average molecular weight is 442 g/mol. The zero-order chi connectivity index (χ0) is 22.8. The second-order valence-corrected chi connectivity index (χ2v) is 7.95. The number of aromatic nitrogens is 1. The number of carbonyl (C=O) groups excluding carboxylic acids is 1. The van der Waals surface area contributed by atoms with Crippen LogP contribution in [0.5, 0.6) is 5.88 Å². The summed E-state index contributed by atoms with van der Waals surface area (Å²) in [6.07, 6.45) is 0. The van der Waals surface area contributed by atoms with Gasteiger partial charge in [-0.2, -0.15) is 0 Å². The largest absolute Gasteiger partial charge is 0.494 e. The standard InChI is InChI=1S/C26H23FN4O2/c27-19-8-11-21-22(16-19)30-25(32)23(21)24(17-4-2-1-3-5-17)29-20-9-6-18(7-10-20)26(33)31-14-12-28-13-15-31/h1-11,16,28,30,32H,12-15H2. The van der Waals surface area contributed by atoms with Crippen LogP contribution < -0.4 is 5.32 Å². The lowest BCUT2D eigenvalue weighted by atomic mass is 10.0. The molecule has 0 radical (unpaired) electrons. The van der Waals surface area contributed by atoms with Gasteiger partial charge in [-0.3, -0.25) is 4.79 Å². The molecule has 1 saturated heterocycles. The topological polar surface area (TPSA) is 80.7 Å². The van der Waals surface area contributed by atoms with E-state index in [9.17, 15) is 14.3 Å². The third-order valence-electron chi connectivity index (χ3n) is 5.78. The number of amides is 1. The van der Waals surface area contributed by atoms with Gasteiger partial charge in [0.1, 0.15) is 5.82 Å². The molecule has 5 rings (SSSR count). The van der Waals surface area contributed by atoms with Crippen molar-refractivity contribution < 1.29 is 14.3 Å². The Morgan fingerprint density at radius 1 is 0.939 bits per heavy atom. The van der Waals surface area contributed by atoms with Crippen LogP contribution in [0.1, 0.15) is 21.5 Å². The first-order valence-corrected chi connectivity index (χ1v) is 10.8. The zero-order valence-electron chi connectivity index (χ0n) is 17.9. The zero-order valence-corrected chi connectivity index (χ0v) is 17.9. The van der Waals surface area contributed by atoms with Gasteiger partial charge in [0.15, 0.2) is 5.88 Å². The normalized spacial score (nSPS) is 14.6. The maximum atomic E-state index is 13.7. The average Bonchev–Trinajstić information content (AvgIpc) is 3.18. The number of nitrogens with one attached hydrogen (secondary N) is 2. The molecule has 33 heavy (non-hydrogen) atoms. The Morgan fingerprint density at radius 2 is 1.67 bits per heavy atom. The highest BCUT2D eigenvalue weighted by Gasteiger charge is 2.20. The van der Waals surface area contributed by atoms with Crippen LogP contribution >= 0.6 is 0 Å². The van der Waals surface area contributed by atoms with Crippen LogP contribution in [0, 0.1) is 5.82 Å². The fourth-order valence-electron chi connectivity index (χ4n) is 4.11. The molecule has 0 unspecified atom stereocenters. The summed E-state index contributed by atoms with van der Waals surface area (Å²) >= 11 is 0. The van der Waals surface area contributed by atoms with Gasteiger partial charge in [-0.05, 0) is 42.5 Å². The SMILES string of the molecule is O=C(c1ccc(N=C(c2ccccc2)c2c(O)[nH]c3cc(F)ccc23)cc1)N1CCNCC1. The quantitative estimate of drug-likeness (QED) is 0.414. The minimum Gasteiger partial charge on any atom is -0.494 e. The molecule has 4 aromatic rings. The molecule has 2 heterocycles. The molecule has 166 valence electrons. The summed E-state index contributed by atoms with van der Waals surface area (Å²) < 4.78 is 13.7. The van der Waals surface area contributed by atoms with Gasteiger partial charge in [0.25, 0.3) is 5.91 Å². The van der Waals surface area contributed by atoms with Gasteiger partial charge in [0.05, 0.1) is 22.5 Å². The number of hydrogen-bond acceptors (Lipinski definition) is 4. The number of aliphatic imine (C=N–C) groups is 1. The summed E-state index contributed by atoms with van der Waals surface area (Å²) in [5.74, 6) is -0.464. The number of H-pyrrole nitrogens is 1. The highest BCUT2D eigenvalue weighted by Crippen LogP contribution is 2.32. The molecule has 3 aromatic carbocycles. The highest BCUT2D eigenvalue weighted by atomic mass is 19.1. The molecule has 1 fully saturated rings. The first kappa shape index (κ1) is 20.9. The van der Waals surface area contributed by atoms with E-state index in [2.05, 4.69) is 10.3 Å². The highest BCUT2D eigenvalue weighted by molar-refractivity contribution is 6.21. The van der Waals surface area contributed by atoms with Gasteiger partial charge in [0.2, 0.25) is 0 Å². The number of nitrogens with zero attached hydrogens (tertiary/aromatic N) is 2. The fourth-order valence-corrected chi connectivity index (χ4v) is 4.11. The van der Waals surface area contributed by atoms with Crippen LogP contribution in [0.25, 0.3) is 10.9 Å². The van der Waals surface area contributed by atoms with Gasteiger partial charge in [0, 0.05) is 42.7 Å². The van der Waals surface area contributed by atoms with Crippen molar-refractivity contribution in [3.05, 3.63) is 95.3 Å². The molecule has 3 N–H and O–H groups in total.